The normalized spacial score (nSPS) is 15.1. The first kappa shape index (κ1) is 19.4. The summed E-state index contributed by atoms with van der Waals surface area (Å²) in [7, 11) is -3.50. The second-order valence-corrected chi connectivity index (χ2v) is 8.38. The fourth-order valence-corrected chi connectivity index (χ4v) is 4.76. The smallest absolute Gasteiger partial charge is 0.243 e. The molecule has 0 aliphatic carbocycles. The van der Waals surface area contributed by atoms with E-state index in [-0.39, 0.29) is 10.6 Å². The van der Waals surface area contributed by atoms with Crippen molar-refractivity contribution < 1.29 is 12.8 Å². The van der Waals surface area contributed by atoms with Crippen molar-refractivity contribution in [2.75, 3.05) is 31.1 Å². The Morgan fingerprint density at radius 3 is 2.33 bits per heavy atom. The fraction of sp³-hybridized carbons (Fsp3) is 0.474. The number of sulfonamides is 1. The zero-order valence-corrected chi connectivity index (χ0v) is 16.5. The first-order valence-corrected chi connectivity index (χ1v) is 10.7. The maximum absolute atomic E-state index is 12.6. The van der Waals surface area contributed by atoms with Crippen molar-refractivity contribution >= 4 is 15.9 Å². The van der Waals surface area contributed by atoms with Crippen LogP contribution in [0, 0.1) is 11.3 Å². The van der Waals surface area contributed by atoms with Crippen LogP contribution in [0.25, 0.3) is 11.5 Å². The van der Waals surface area contributed by atoms with Gasteiger partial charge < -0.3 is 9.32 Å². The lowest BCUT2D eigenvalue weighted by molar-refractivity contribution is 0.445. The molecule has 0 radical (unpaired) electrons. The second-order valence-electron chi connectivity index (χ2n) is 6.45. The second kappa shape index (κ2) is 8.11. The maximum atomic E-state index is 12.6. The van der Waals surface area contributed by atoms with Gasteiger partial charge in [-0.3, -0.25) is 0 Å². The van der Waals surface area contributed by atoms with E-state index in [1.807, 2.05) is 13.8 Å². The third-order valence-electron chi connectivity index (χ3n) is 4.80. The molecule has 7 nitrogen and oxygen atoms in total. The maximum Gasteiger partial charge on any atom is 0.243 e. The summed E-state index contributed by atoms with van der Waals surface area (Å²) in [6.45, 7) is 6.17. The number of rotatable bonds is 6. The molecule has 27 heavy (non-hydrogen) atoms. The van der Waals surface area contributed by atoms with Crippen LogP contribution in [-0.4, -0.2) is 43.9 Å². The summed E-state index contributed by atoms with van der Waals surface area (Å²) >= 11 is 0. The summed E-state index contributed by atoms with van der Waals surface area (Å²) in [5.74, 6) is 0.839. The van der Waals surface area contributed by atoms with E-state index in [0.29, 0.717) is 30.4 Å². The van der Waals surface area contributed by atoms with Crippen LogP contribution in [0.3, 0.4) is 0 Å². The van der Waals surface area contributed by atoms with E-state index in [1.165, 1.54) is 10.7 Å². The van der Waals surface area contributed by atoms with Crippen molar-refractivity contribution in [3.05, 3.63) is 30.0 Å². The van der Waals surface area contributed by atoms with Gasteiger partial charge >= 0.3 is 0 Å². The molecule has 0 N–H and O–H groups in total. The number of anilines is 1. The highest BCUT2D eigenvalue weighted by Gasteiger charge is 2.24. The van der Waals surface area contributed by atoms with Crippen molar-refractivity contribution in [2.45, 2.75) is 38.0 Å². The summed E-state index contributed by atoms with van der Waals surface area (Å²) in [5.41, 5.74) is 0.917. The van der Waals surface area contributed by atoms with Gasteiger partial charge in [0.05, 0.1) is 4.90 Å². The van der Waals surface area contributed by atoms with Crippen molar-refractivity contribution in [2.24, 2.45) is 0 Å². The topological polar surface area (TPSA) is 90.4 Å². The highest BCUT2D eigenvalue weighted by atomic mass is 32.2. The van der Waals surface area contributed by atoms with Crippen molar-refractivity contribution in [3.8, 4) is 17.5 Å². The molecule has 0 amide bonds. The van der Waals surface area contributed by atoms with Gasteiger partial charge in [-0.05, 0) is 43.5 Å². The number of nitriles is 1. The van der Waals surface area contributed by atoms with E-state index in [1.54, 1.807) is 24.3 Å². The summed E-state index contributed by atoms with van der Waals surface area (Å²) in [4.78, 5) is 6.59. The minimum Gasteiger partial charge on any atom is -0.419 e. The van der Waals surface area contributed by atoms with Gasteiger partial charge in [0.2, 0.25) is 27.5 Å². The Hall–Kier alpha value is -2.37. The molecule has 1 fully saturated rings. The van der Waals surface area contributed by atoms with Crippen LogP contribution in [0.2, 0.25) is 0 Å². The van der Waals surface area contributed by atoms with E-state index in [9.17, 15) is 13.7 Å². The third-order valence-corrected chi connectivity index (χ3v) is 6.87. The number of oxazole rings is 1. The van der Waals surface area contributed by atoms with E-state index in [2.05, 4.69) is 16.0 Å². The molecule has 0 unspecified atom stereocenters. The number of piperidine rings is 1. The van der Waals surface area contributed by atoms with Crippen molar-refractivity contribution in [3.63, 3.8) is 0 Å². The zero-order chi connectivity index (χ0) is 19.4. The molecule has 3 rings (SSSR count). The van der Waals surface area contributed by atoms with Gasteiger partial charge in [-0.2, -0.15) is 14.6 Å². The van der Waals surface area contributed by atoms with Crippen LogP contribution < -0.4 is 4.90 Å². The molecule has 1 aromatic heterocycles. The third kappa shape index (κ3) is 3.84. The first-order chi connectivity index (χ1) is 13.0. The molecule has 0 spiro atoms. The van der Waals surface area contributed by atoms with Crippen LogP contribution in [-0.2, 0) is 10.0 Å². The molecule has 1 saturated heterocycles. The summed E-state index contributed by atoms with van der Waals surface area (Å²) < 4.78 is 32.5. The van der Waals surface area contributed by atoms with E-state index in [0.717, 1.165) is 25.9 Å². The SMILES string of the molecule is CCN(CC)S(=O)(=O)c1ccc(-c2nc(C#N)c(N3CCCCC3)o2)cc1. The average molecular weight is 388 g/mol. The zero-order valence-electron chi connectivity index (χ0n) is 15.7. The quantitative estimate of drug-likeness (QED) is 0.754. The van der Waals surface area contributed by atoms with Crippen LogP contribution in [0.5, 0.6) is 0 Å². The predicted molar refractivity (Wildman–Crippen MR) is 103 cm³/mol. The Bertz CT molecular complexity index is 919. The molecule has 144 valence electrons. The van der Waals surface area contributed by atoms with E-state index < -0.39 is 10.0 Å². The van der Waals surface area contributed by atoms with Gasteiger partial charge in [-0.15, -0.1) is 0 Å². The van der Waals surface area contributed by atoms with Gasteiger partial charge in [-0.1, -0.05) is 13.8 Å². The van der Waals surface area contributed by atoms with Gasteiger partial charge in [0.1, 0.15) is 6.07 Å². The molecule has 0 atom stereocenters. The minimum atomic E-state index is -3.50. The Morgan fingerprint density at radius 1 is 1.15 bits per heavy atom. The van der Waals surface area contributed by atoms with E-state index in [4.69, 9.17) is 4.42 Å². The summed E-state index contributed by atoms with van der Waals surface area (Å²) in [6.07, 6.45) is 3.32. The van der Waals surface area contributed by atoms with Gasteiger partial charge in [0.15, 0.2) is 0 Å². The molecule has 1 aliphatic rings. The van der Waals surface area contributed by atoms with Crippen LogP contribution in [0.4, 0.5) is 5.88 Å². The molecule has 1 aromatic carbocycles. The summed E-state index contributed by atoms with van der Waals surface area (Å²) in [6, 6.07) is 8.55. The highest BCUT2D eigenvalue weighted by Crippen LogP contribution is 2.30. The van der Waals surface area contributed by atoms with Crippen LogP contribution >= 0.6 is 0 Å². The Morgan fingerprint density at radius 2 is 1.78 bits per heavy atom. The average Bonchev–Trinajstić information content (AvgIpc) is 3.14. The molecule has 0 saturated carbocycles. The number of benzene rings is 1. The fourth-order valence-electron chi connectivity index (χ4n) is 3.30. The lowest BCUT2D eigenvalue weighted by Gasteiger charge is -2.25. The number of hydrogen-bond donors (Lipinski definition) is 0. The van der Waals surface area contributed by atoms with Crippen LogP contribution in [0.15, 0.2) is 33.6 Å². The Kier molecular flexibility index (Phi) is 5.82. The largest absolute Gasteiger partial charge is 0.419 e. The molecule has 0 bridgehead atoms. The molecular weight excluding hydrogens is 364 g/mol. The number of aromatic nitrogens is 1. The van der Waals surface area contributed by atoms with E-state index >= 15 is 0 Å². The molecule has 8 heteroatoms. The monoisotopic (exact) mass is 388 g/mol. The lowest BCUT2D eigenvalue weighted by atomic mass is 10.1. The van der Waals surface area contributed by atoms with Gasteiger partial charge in [0, 0.05) is 31.7 Å². The lowest BCUT2D eigenvalue weighted by Crippen LogP contribution is -2.30. The predicted octanol–water partition coefficient (Wildman–Crippen LogP) is 3.23. The van der Waals surface area contributed by atoms with Gasteiger partial charge in [-0.25, -0.2) is 8.42 Å². The van der Waals surface area contributed by atoms with Crippen molar-refractivity contribution in [1.29, 1.82) is 5.26 Å². The Balaban J connectivity index is 1.90. The molecule has 2 heterocycles. The highest BCUT2D eigenvalue weighted by molar-refractivity contribution is 7.89. The van der Waals surface area contributed by atoms with Gasteiger partial charge in [0.25, 0.3) is 0 Å². The van der Waals surface area contributed by atoms with Crippen LogP contribution in [0.1, 0.15) is 38.8 Å². The summed E-state index contributed by atoms with van der Waals surface area (Å²) in [5, 5.41) is 9.39. The minimum absolute atomic E-state index is 0.235. The standard InChI is InChI=1S/C19H24N4O3S/c1-3-23(4-2)27(24,25)16-10-8-15(9-11-16)18-21-17(14-20)19(26-18)22-12-6-5-7-13-22/h8-11H,3-7,12-13H2,1-2H3. The number of nitrogens with zero attached hydrogens (tertiary/aromatic N) is 4. The number of hydrogen-bond acceptors (Lipinski definition) is 6. The first-order valence-electron chi connectivity index (χ1n) is 9.27. The van der Waals surface area contributed by atoms with Crippen molar-refractivity contribution in [1.82, 2.24) is 9.29 Å². The Labute approximate surface area is 160 Å². The molecule has 2 aromatic rings. The molecular formula is C19H24N4O3S. The molecule has 1 aliphatic heterocycles.